The number of para-hydroxylation sites is 1. The number of benzene rings is 1. The van der Waals surface area contributed by atoms with Crippen LogP contribution in [0.15, 0.2) is 53.1 Å². The first kappa shape index (κ1) is 15.7. The fourth-order valence-corrected chi connectivity index (χ4v) is 4.32. The number of nitrogens with one attached hydrogen (secondary N) is 1. The zero-order valence-electron chi connectivity index (χ0n) is 14.4. The van der Waals surface area contributed by atoms with Crippen molar-refractivity contribution in [1.82, 2.24) is 15.1 Å². The molecule has 4 heterocycles. The highest BCUT2D eigenvalue weighted by atomic mass is 16.5. The standard InChI is InChI=1S/C20H21N3O3/c24-12-20-11-23(9-14-5-6-19(26-14)17-7-8-21-22-17)10-16(20)15-3-1-2-4-18(15)25-13-20/h1-8,16,24H,9-13H2,(H,21,22)/t16-,20-/m0/s1. The van der Waals surface area contributed by atoms with Crippen molar-refractivity contribution in [3.63, 3.8) is 0 Å². The molecule has 0 unspecified atom stereocenters. The Balaban J connectivity index is 1.38. The van der Waals surface area contributed by atoms with Crippen LogP contribution in [0.2, 0.25) is 0 Å². The molecular formula is C20H21N3O3. The number of H-pyrrole nitrogens is 1. The zero-order chi connectivity index (χ0) is 17.6. The van der Waals surface area contributed by atoms with Crippen LogP contribution in [0.3, 0.4) is 0 Å². The molecule has 1 aromatic carbocycles. The van der Waals surface area contributed by atoms with E-state index in [1.807, 2.05) is 36.4 Å². The number of aromatic amines is 1. The molecule has 2 aromatic heterocycles. The molecule has 0 spiro atoms. The Bertz CT molecular complexity index is 905. The predicted molar refractivity (Wildman–Crippen MR) is 95.8 cm³/mol. The van der Waals surface area contributed by atoms with Crippen LogP contribution in [0.1, 0.15) is 17.2 Å². The summed E-state index contributed by atoms with van der Waals surface area (Å²) in [6, 6.07) is 14.0. The number of ether oxygens (including phenoxy) is 1. The van der Waals surface area contributed by atoms with E-state index in [0.29, 0.717) is 13.2 Å². The third-order valence-corrected chi connectivity index (χ3v) is 5.65. The molecule has 6 heteroatoms. The summed E-state index contributed by atoms with van der Waals surface area (Å²) in [6.45, 7) is 3.08. The van der Waals surface area contributed by atoms with E-state index in [1.165, 1.54) is 5.56 Å². The van der Waals surface area contributed by atoms with Gasteiger partial charge in [0, 0.05) is 30.6 Å². The lowest BCUT2D eigenvalue weighted by atomic mass is 9.74. The van der Waals surface area contributed by atoms with Crippen molar-refractivity contribution in [3.05, 3.63) is 60.0 Å². The average molecular weight is 351 g/mol. The van der Waals surface area contributed by atoms with Gasteiger partial charge in [0.25, 0.3) is 0 Å². The Hall–Kier alpha value is -2.57. The lowest BCUT2D eigenvalue weighted by Crippen LogP contribution is -2.42. The number of hydrogen-bond acceptors (Lipinski definition) is 5. The molecule has 0 saturated carbocycles. The summed E-state index contributed by atoms with van der Waals surface area (Å²) in [5, 5.41) is 17.0. The van der Waals surface area contributed by atoms with E-state index in [0.717, 1.165) is 36.1 Å². The summed E-state index contributed by atoms with van der Waals surface area (Å²) in [7, 11) is 0. The van der Waals surface area contributed by atoms with Crippen LogP contribution in [0.4, 0.5) is 0 Å². The van der Waals surface area contributed by atoms with Crippen LogP contribution in [-0.2, 0) is 6.54 Å². The Kier molecular flexibility index (Phi) is 3.62. The van der Waals surface area contributed by atoms with E-state index in [2.05, 4.69) is 21.2 Å². The monoisotopic (exact) mass is 351 g/mol. The Morgan fingerprint density at radius 3 is 3.00 bits per heavy atom. The van der Waals surface area contributed by atoms with Crippen LogP contribution in [0.5, 0.6) is 5.75 Å². The molecule has 0 bridgehead atoms. The zero-order valence-corrected chi connectivity index (χ0v) is 14.4. The normalized spacial score (nSPS) is 24.9. The molecule has 2 N–H and O–H groups in total. The second-order valence-electron chi connectivity index (χ2n) is 7.31. The number of hydrogen-bond donors (Lipinski definition) is 2. The molecule has 1 saturated heterocycles. The molecule has 2 atom stereocenters. The maximum atomic E-state index is 10.1. The summed E-state index contributed by atoms with van der Waals surface area (Å²) in [4.78, 5) is 2.35. The van der Waals surface area contributed by atoms with Gasteiger partial charge >= 0.3 is 0 Å². The quantitative estimate of drug-likeness (QED) is 0.756. The first-order valence-electron chi connectivity index (χ1n) is 8.91. The third kappa shape index (κ3) is 2.45. The molecule has 5 rings (SSSR count). The van der Waals surface area contributed by atoms with Crippen molar-refractivity contribution in [3.8, 4) is 17.2 Å². The SMILES string of the molecule is OC[C@@]12COc3ccccc3[C@@H]1CN(Cc1ccc(-c3ccn[nH]3)o1)C2. The molecule has 2 aliphatic heterocycles. The first-order valence-corrected chi connectivity index (χ1v) is 8.91. The summed E-state index contributed by atoms with van der Waals surface area (Å²) in [5.74, 6) is 2.93. The van der Waals surface area contributed by atoms with Crippen LogP contribution in [-0.4, -0.2) is 46.5 Å². The Morgan fingerprint density at radius 1 is 1.23 bits per heavy atom. The Morgan fingerprint density at radius 2 is 2.15 bits per heavy atom. The van der Waals surface area contributed by atoms with Crippen LogP contribution < -0.4 is 4.74 Å². The van der Waals surface area contributed by atoms with Crippen molar-refractivity contribution < 1.29 is 14.3 Å². The van der Waals surface area contributed by atoms with E-state index in [9.17, 15) is 5.11 Å². The number of aliphatic hydroxyl groups excluding tert-OH is 1. The minimum absolute atomic E-state index is 0.125. The maximum Gasteiger partial charge on any atom is 0.152 e. The van der Waals surface area contributed by atoms with E-state index < -0.39 is 0 Å². The van der Waals surface area contributed by atoms with E-state index in [1.54, 1.807) is 6.20 Å². The molecule has 134 valence electrons. The average Bonchev–Trinajstić information content (AvgIpc) is 3.41. The van der Waals surface area contributed by atoms with E-state index in [4.69, 9.17) is 9.15 Å². The number of likely N-dealkylation sites (tertiary alicyclic amines) is 1. The van der Waals surface area contributed by atoms with Gasteiger partial charge in [-0.15, -0.1) is 0 Å². The van der Waals surface area contributed by atoms with Gasteiger partial charge in [0.15, 0.2) is 5.76 Å². The van der Waals surface area contributed by atoms with Crippen molar-refractivity contribution in [2.24, 2.45) is 5.41 Å². The van der Waals surface area contributed by atoms with Gasteiger partial charge in [0.2, 0.25) is 0 Å². The maximum absolute atomic E-state index is 10.1. The largest absolute Gasteiger partial charge is 0.493 e. The molecule has 1 fully saturated rings. The topological polar surface area (TPSA) is 74.5 Å². The summed E-state index contributed by atoms with van der Waals surface area (Å²) in [6.07, 6.45) is 1.71. The number of fused-ring (bicyclic) bond motifs is 3. The number of rotatable bonds is 4. The van der Waals surface area contributed by atoms with Crippen molar-refractivity contribution >= 4 is 0 Å². The highest BCUT2D eigenvalue weighted by molar-refractivity contribution is 5.51. The van der Waals surface area contributed by atoms with Gasteiger partial charge in [-0.25, -0.2) is 0 Å². The molecule has 0 radical (unpaired) electrons. The third-order valence-electron chi connectivity index (χ3n) is 5.65. The number of aliphatic hydroxyl groups is 1. The minimum atomic E-state index is -0.243. The van der Waals surface area contributed by atoms with Gasteiger partial charge in [-0.3, -0.25) is 10.00 Å². The fourth-order valence-electron chi connectivity index (χ4n) is 4.32. The van der Waals surface area contributed by atoms with Gasteiger partial charge in [-0.1, -0.05) is 18.2 Å². The van der Waals surface area contributed by atoms with E-state index >= 15 is 0 Å². The molecule has 0 aliphatic carbocycles. The number of nitrogens with zero attached hydrogens (tertiary/aromatic N) is 2. The lowest BCUT2D eigenvalue weighted by Gasteiger charge is -2.38. The first-order chi connectivity index (χ1) is 12.8. The smallest absolute Gasteiger partial charge is 0.152 e. The fraction of sp³-hybridized carbons (Fsp3) is 0.350. The second kappa shape index (κ2) is 6.00. The van der Waals surface area contributed by atoms with Crippen molar-refractivity contribution in [2.75, 3.05) is 26.3 Å². The van der Waals surface area contributed by atoms with Gasteiger partial charge < -0.3 is 14.3 Å². The van der Waals surface area contributed by atoms with E-state index in [-0.39, 0.29) is 17.9 Å². The minimum Gasteiger partial charge on any atom is -0.493 e. The predicted octanol–water partition coefficient (Wildman–Crippen LogP) is 2.64. The Labute approximate surface area is 151 Å². The molecule has 0 amide bonds. The molecule has 6 nitrogen and oxygen atoms in total. The highest BCUT2D eigenvalue weighted by Crippen LogP contribution is 2.49. The number of furan rings is 1. The summed E-state index contributed by atoms with van der Waals surface area (Å²) < 4.78 is 11.9. The van der Waals surface area contributed by atoms with Gasteiger partial charge in [-0.2, -0.15) is 5.10 Å². The lowest BCUT2D eigenvalue weighted by molar-refractivity contribution is 0.0453. The van der Waals surface area contributed by atoms with Crippen LogP contribution in [0, 0.1) is 5.41 Å². The van der Waals surface area contributed by atoms with Gasteiger partial charge in [-0.05, 0) is 29.8 Å². The number of aromatic nitrogens is 2. The molecule has 26 heavy (non-hydrogen) atoms. The highest BCUT2D eigenvalue weighted by Gasteiger charge is 2.50. The van der Waals surface area contributed by atoms with Crippen molar-refractivity contribution in [2.45, 2.75) is 12.5 Å². The van der Waals surface area contributed by atoms with Crippen LogP contribution in [0.25, 0.3) is 11.5 Å². The summed E-state index contributed by atoms with van der Waals surface area (Å²) in [5.41, 5.74) is 1.83. The summed E-state index contributed by atoms with van der Waals surface area (Å²) >= 11 is 0. The van der Waals surface area contributed by atoms with Gasteiger partial charge in [0.05, 0.1) is 19.8 Å². The second-order valence-corrected chi connectivity index (χ2v) is 7.31. The van der Waals surface area contributed by atoms with Crippen molar-refractivity contribution in [1.29, 1.82) is 0 Å². The molecule has 3 aromatic rings. The molecular weight excluding hydrogens is 330 g/mol. The molecule has 2 aliphatic rings. The van der Waals surface area contributed by atoms with Crippen LogP contribution >= 0.6 is 0 Å². The van der Waals surface area contributed by atoms with Gasteiger partial charge in [0.1, 0.15) is 17.2 Å².